The van der Waals surface area contributed by atoms with Crippen molar-refractivity contribution in [2.24, 2.45) is 5.92 Å². The highest BCUT2D eigenvalue weighted by atomic mass is 32.2. The lowest BCUT2D eigenvalue weighted by Crippen LogP contribution is -2.46. The first kappa shape index (κ1) is 20.8. The number of carbonyl (C=O) groups is 2. The molecule has 2 aromatic rings. The lowest BCUT2D eigenvalue weighted by molar-refractivity contribution is -0.146. The van der Waals surface area contributed by atoms with Crippen LogP contribution in [0.1, 0.15) is 25.8 Å². The Hall–Kier alpha value is -2.55. The number of amides is 1. The fourth-order valence-electron chi connectivity index (χ4n) is 2.42. The number of nitrogens with two attached hydrogens (primary N) is 1. The Labute approximate surface area is 162 Å². The number of hydrogen-bond acceptors (Lipinski definition) is 7. The number of benzene rings is 1. The number of aryl methyl sites for hydroxylation is 1. The molecule has 0 aliphatic rings. The van der Waals surface area contributed by atoms with Crippen LogP contribution in [0.4, 0.5) is 0 Å². The average Bonchev–Trinajstić information content (AvgIpc) is 3.04. The number of carbonyl (C=O) groups excluding carboxylic acids is 2. The summed E-state index contributed by atoms with van der Waals surface area (Å²) in [5.41, 5.74) is 1.98. The van der Waals surface area contributed by atoms with Crippen molar-refractivity contribution in [1.82, 2.24) is 20.2 Å². The molecule has 3 N–H and O–H groups in total. The predicted octanol–water partition coefficient (Wildman–Crippen LogP) is 1.76. The molecule has 2 atom stereocenters. The van der Waals surface area contributed by atoms with E-state index in [1.165, 1.54) is 11.8 Å². The van der Waals surface area contributed by atoms with Crippen molar-refractivity contribution < 1.29 is 14.3 Å². The van der Waals surface area contributed by atoms with E-state index in [2.05, 4.69) is 15.5 Å². The lowest BCUT2D eigenvalue weighted by Gasteiger charge is -2.21. The van der Waals surface area contributed by atoms with Gasteiger partial charge in [-0.3, -0.25) is 4.79 Å². The van der Waals surface area contributed by atoms with Crippen LogP contribution in [0.25, 0.3) is 11.4 Å². The second-order valence-electron chi connectivity index (χ2n) is 6.28. The summed E-state index contributed by atoms with van der Waals surface area (Å²) in [6.45, 7) is 5.84. The predicted molar refractivity (Wildman–Crippen MR) is 104 cm³/mol. The number of thioether (sulfide) groups is 1. The van der Waals surface area contributed by atoms with E-state index in [1.54, 1.807) is 0 Å². The van der Waals surface area contributed by atoms with Gasteiger partial charge in [0.1, 0.15) is 6.04 Å². The Morgan fingerprint density at radius 2 is 1.96 bits per heavy atom. The third kappa shape index (κ3) is 5.22. The average molecular weight is 391 g/mol. The first-order valence-electron chi connectivity index (χ1n) is 8.64. The van der Waals surface area contributed by atoms with Gasteiger partial charge in [0, 0.05) is 5.56 Å². The molecular weight excluding hydrogens is 366 g/mol. The first-order valence-corrected chi connectivity index (χ1v) is 9.63. The summed E-state index contributed by atoms with van der Waals surface area (Å²) in [6.07, 6.45) is 0.740. The molecule has 8 nitrogen and oxygen atoms in total. The number of nitrogens with zero attached hydrogens (tertiary/aromatic N) is 3. The van der Waals surface area contributed by atoms with Gasteiger partial charge in [-0.15, -0.1) is 10.2 Å². The van der Waals surface area contributed by atoms with Crippen LogP contribution in [0.15, 0.2) is 29.4 Å². The lowest BCUT2D eigenvalue weighted by atomic mass is 9.99. The summed E-state index contributed by atoms with van der Waals surface area (Å²) in [5, 5.41) is 11.3. The van der Waals surface area contributed by atoms with Crippen LogP contribution >= 0.6 is 11.8 Å². The number of ether oxygens (including phenoxy) is 1. The van der Waals surface area contributed by atoms with Crippen LogP contribution in [0.3, 0.4) is 0 Å². The van der Waals surface area contributed by atoms with Crippen molar-refractivity contribution in [2.75, 3.05) is 18.7 Å². The molecule has 1 amide bonds. The van der Waals surface area contributed by atoms with Crippen molar-refractivity contribution >= 4 is 23.6 Å². The highest BCUT2D eigenvalue weighted by Gasteiger charge is 2.26. The van der Waals surface area contributed by atoms with Crippen molar-refractivity contribution in [2.45, 2.75) is 38.4 Å². The quantitative estimate of drug-likeness (QED) is 0.400. The molecule has 0 fully saturated rings. The molecule has 0 bridgehead atoms. The Bertz CT molecular complexity index is 791. The molecule has 0 aliphatic carbocycles. The van der Waals surface area contributed by atoms with Gasteiger partial charge in [0.05, 0.1) is 12.9 Å². The smallest absolute Gasteiger partial charge is 0.328 e. The van der Waals surface area contributed by atoms with Crippen LogP contribution in [0.2, 0.25) is 0 Å². The van der Waals surface area contributed by atoms with Crippen LogP contribution in [-0.2, 0) is 14.3 Å². The molecule has 9 heteroatoms. The summed E-state index contributed by atoms with van der Waals surface area (Å²) in [7, 11) is 1.31. The highest BCUT2D eigenvalue weighted by Crippen LogP contribution is 2.22. The van der Waals surface area contributed by atoms with Crippen LogP contribution in [-0.4, -0.2) is 45.7 Å². The third-order valence-electron chi connectivity index (χ3n) is 4.29. The zero-order valence-corrected chi connectivity index (χ0v) is 16.7. The fraction of sp³-hybridized carbons (Fsp3) is 0.444. The number of hydrogen-bond donors (Lipinski definition) is 2. The van der Waals surface area contributed by atoms with Crippen molar-refractivity contribution in [3.8, 4) is 11.4 Å². The minimum Gasteiger partial charge on any atom is -0.467 e. The summed E-state index contributed by atoms with van der Waals surface area (Å²) in [4.78, 5) is 24.1. The summed E-state index contributed by atoms with van der Waals surface area (Å²) >= 11 is 1.15. The van der Waals surface area contributed by atoms with E-state index in [1.807, 2.05) is 45.0 Å². The van der Waals surface area contributed by atoms with E-state index in [0.717, 1.165) is 29.3 Å². The summed E-state index contributed by atoms with van der Waals surface area (Å²) in [5.74, 6) is 5.87. The second kappa shape index (κ2) is 9.40. The van der Waals surface area contributed by atoms with Crippen LogP contribution < -0.4 is 11.2 Å². The monoisotopic (exact) mass is 391 g/mol. The first-order chi connectivity index (χ1) is 12.9. The maximum Gasteiger partial charge on any atom is 0.328 e. The van der Waals surface area contributed by atoms with E-state index >= 15 is 0 Å². The Balaban J connectivity index is 2.01. The Kier molecular flexibility index (Phi) is 7.23. The molecule has 2 rings (SSSR count). The molecule has 146 valence electrons. The number of aromatic nitrogens is 3. The Morgan fingerprint density at radius 1 is 1.30 bits per heavy atom. The van der Waals surface area contributed by atoms with Crippen LogP contribution in [0.5, 0.6) is 0 Å². The molecule has 0 saturated carbocycles. The maximum absolute atomic E-state index is 12.3. The molecule has 1 aromatic carbocycles. The van der Waals surface area contributed by atoms with Crippen molar-refractivity contribution in [3.63, 3.8) is 0 Å². The zero-order valence-electron chi connectivity index (χ0n) is 15.9. The third-order valence-corrected chi connectivity index (χ3v) is 5.23. The number of esters is 1. The molecule has 0 aliphatic heterocycles. The van der Waals surface area contributed by atoms with E-state index < -0.39 is 12.0 Å². The standard InChI is InChI=1S/C18H25N5O3S/c1-5-12(3)15(17(25)26-4)20-14(24)10-27-18-22-21-16(23(18)19)13-8-6-11(2)7-9-13/h6-9,12,15H,5,10,19H2,1-4H3,(H,20,24)/t12-,15+/m1/s1. The number of nitrogen functional groups attached to an aromatic ring is 1. The molecule has 0 spiro atoms. The van der Waals surface area contributed by atoms with Crippen molar-refractivity contribution in [3.05, 3.63) is 29.8 Å². The molecule has 1 heterocycles. The van der Waals surface area contributed by atoms with Gasteiger partial charge in [-0.1, -0.05) is 61.9 Å². The maximum atomic E-state index is 12.3. The second-order valence-corrected chi connectivity index (χ2v) is 7.23. The highest BCUT2D eigenvalue weighted by molar-refractivity contribution is 7.99. The number of methoxy groups -OCH3 is 1. The molecule has 1 aromatic heterocycles. The number of rotatable bonds is 8. The van der Waals surface area contributed by atoms with Crippen molar-refractivity contribution in [1.29, 1.82) is 0 Å². The topological polar surface area (TPSA) is 112 Å². The van der Waals surface area contributed by atoms with Gasteiger partial charge in [0.2, 0.25) is 11.1 Å². The zero-order chi connectivity index (χ0) is 20.0. The van der Waals surface area contributed by atoms with Gasteiger partial charge in [-0.25, -0.2) is 9.47 Å². The minimum atomic E-state index is -0.674. The van der Waals surface area contributed by atoms with E-state index in [9.17, 15) is 9.59 Å². The minimum absolute atomic E-state index is 0.0299. The normalized spacial score (nSPS) is 13.0. The molecule has 0 unspecified atom stereocenters. The summed E-state index contributed by atoms with van der Waals surface area (Å²) in [6, 6.07) is 7.08. The largest absolute Gasteiger partial charge is 0.467 e. The Morgan fingerprint density at radius 3 is 2.56 bits per heavy atom. The summed E-state index contributed by atoms with van der Waals surface area (Å²) < 4.78 is 6.13. The van der Waals surface area contributed by atoms with E-state index in [-0.39, 0.29) is 17.6 Å². The molecular formula is C18H25N5O3S. The van der Waals surface area contributed by atoms with Gasteiger partial charge in [0.15, 0.2) is 5.82 Å². The van der Waals surface area contributed by atoms with Gasteiger partial charge >= 0.3 is 5.97 Å². The van der Waals surface area contributed by atoms with Gasteiger partial charge in [0.25, 0.3) is 0 Å². The van der Waals surface area contributed by atoms with Gasteiger partial charge < -0.3 is 15.9 Å². The van der Waals surface area contributed by atoms with E-state index in [4.69, 9.17) is 10.6 Å². The molecule has 0 radical (unpaired) electrons. The molecule has 27 heavy (non-hydrogen) atoms. The molecule has 0 saturated heterocycles. The van der Waals surface area contributed by atoms with Crippen LogP contribution in [0, 0.1) is 12.8 Å². The van der Waals surface area contributed by atoms with E-state index in [0.29, 0.717) is 11.0 Å². The van der Waals surface area contributed by atoms with Gasteiger partial charge in [-0.05, 0) is 12.8 Å². The SMILES string of the molecule is CC[C@@H](C)[C@H](NC(=O)CSc1nnc(-c2ccc(C)cc2)n1N)C(=O)OC. The number of nitrogens with one attached hydrogen (secondary N) is 1. The van der Waals surface area contributed by atoms with Gasteiger partial charge in [-0.2, -0.15) is 0 Å². The fourth-order valence-corrected chi connectivity index (χ4v) is 3.08.